The maximum atomic E-state index is 4.73. The standard InChI is InChI=1S/CHN2O3P/c2-1-3-6-7(4-1)5-2/h(H,2,3). The lowest BCUT2D eigenvalue weighted by molar-refractivity contribution is 0.209. The molecular weight excluding hydrogens is 119 g/mol. The highest BCUT2D eigenvalue weighted by molar-refractivity contribution is 7.43. The van der Waals surface area contributed by atoms with Crippen LogP contribution < -0.4 is 5.48 Å². The van der Waals surface area contributed by atoms with Crippen LogP contribution in [0.25, 0.3) is 0 Å². The molecule has 2 rings (SSSR count). The van der Waals surface area contributed by atoms with E-state index in [2.05, 4.69) is 19.9 Å². The average Bonchev–Trinajstić information content (AvgIpc) is 2.22. The molecule has 5 nitrogen and oxygen atoms in total. The number of rotatable bonds is 0. The van der Waals surface area contributed by atoms with Crippen molar-refractivity contribution in [1.29, 1.82) is 0 Å². The van der Waals surface area contributed by atoms with E-state index in [1.807, 2.05) is 0 Å². The van der Waals surface area contributed by atoms with Gasteiger partial charge in [0.15, 0.2) is 0 Å². The summed E-state index contributed by atoms with van der Waals surface area (Å²) in [5, 5.41) is 3.39. The van der Waals surface area contributed by atoms with E-state index in [4.69, 9.17) is 4.52 Å². The summed E-state index contributed by atoms with van der Waals surface area (Å²) < 4.78 is 13.8. The molecule has 6 heteroatoms. The largest absolute Gasteiger partial charge is 0.511 e. The van der Waals surface area contributed by atoms with Crippen LogP contribution in [0.2, 0.25) is 0 Å². The molecule has 0 radical (unpaired) electrons. The third-order valence-electron chi connectivity index (χ3n) is 0.559. The molecule has 0 aromatic rings. The van der Waals surface area contributed by atoms with Gasteiger partial charge in [0.25, 0.3) is 0 Å². The van der Waals surface area contributed by atoms with Gasteiger partial charge in [-0.25, -0.2) is 5.48 Å². The predicted molar refractivity (Wildman–Crippen MR) is 20.7 cm³/mol. The lowest BCUT2D eigenvalue weighted by atomic mass is 11.2. The SMILES string of the molecule is N1=C2NOP(O1)O2. The predicted octanol–water partition coefficient (Wildman–Crippen LogP) is 0.0659. The van der Waals surface area contributed by atoms with Crippen molar-refractivity contribution < 1.29 is 13.8 Å². The Morgan fingerprint density at radius 2 is 2.71 bits per heavy atom. The Morgan fingerprint density at radius 3 is 2.86 bits per heavy atom. The fraction of sp³-hybridized carbons (Fsp3) is 0. The number of hydrogen-bond acceptors (Lipinski definition) is 5. The highest BCUT2D eigenvalue weighted by atomic mass is 31.2. The van der Waals surface area contributed by atoms with Gasteiger partial charge in [0.05, 0.1) is 0 Å². The van der Waals surface area contributed by atoms with Gasteiger partial charge in [-0.3, -0.25) is 4.62 Å². The summed E-state index contributed by atoms with van der Waals surface area (Å²) in [6, 6.07) is 0.325. The highest BCUT2D eigenvalue weighted by Gasteiger charge is 2.34. The summed E-state index contributed by atoms with van der Waals surface area (Å²) in [6.07, 6.45) is 0. The molecule has 38 valence electrons. The topological polar surface area (TPSA) is 52.1 Å². The van der Waals surface area contributed by atoms with Gasteiger partial charge in [-0.05, 0) is 5.16 Å². The van der Waals surface area contributed by atoms with E-state index >= 15 is 0 Å². The number of nitrogens with zero attached hydrogens (tertiary/aromatic N) is 1. The molecule has 1 saturated heterocycles. The molecule has 2 aliphatic heterocycles. The quantitative estimate of drug-likeness (QED) is 0.459. The fourth-order valence-electron chi connectivity index (χ4n) is 0.323. The first-order valence-corrected chi connectivity index (χ1v) is 2.71. The monoisotopic (exact) mass is 120 g/mol. The van der Waals surface area contributed by atoms with E-state index in [1.54, 1.807) is 0 Å². The van der Waals surface area contributed by atoms with Crippen molar-refractivity contribution in [1.82, 2.24) is 5.48 Å². The molecule has 0 spiro atoms. The third kappa shape index (κ3) is 0.361. The number of hydroxylamine groups is 1. The van der Waals surface area contributed by atoms with Crippen molar-refractivity contribution in [3.63, 3.8) is 0 Å². The second-order valence-corrected chi connectivity index (χ2v) is 1.96. The summed E-state index contributed by atoms with van der Waals surface area (Å²) in [7, 11) is -1.18. The molecule has 0 amide bonds. The summed E-state index contributed by atoms with van der Waals surface area (Å²) >= 11 is 0. The lowest BCUT2D eigenvalue weighted by Gasteiger charge is -1.94. The molecule has 1 atom stereocenters. The molecule has 2 aliphatic rings. The first-order chi connectivity index (χ1) is 3.45. The summed E-state index contributed by atoms with van der Waals surface area (Å²) in [6.45, 7) is 0. The van der Waals surface area contributed by atoms with Gasteiger partial charge in [0.1, 0.15) is 0 Å². The van der Waals surface area contributed by atoms with Crippen LogP contribution >= 0.6 is 8.60 Å². The van der Waals surface area contributed by atoms with Crippen LogP contribution in [0, 0.1) is 0 Å². The Bertz CT molecular complexity index is 124. The molecule has 0 saturated carbocycles. The zero-order valence-electron chi connectivity index (χ0n) is 3.12. The molecule has 0 aliphatic carbocycles. The molecule has 0 aromatic heterocycles. The molecule has 2 heterocycles. The molecule has 2 bridgehead atoms. The summed E-state index contributed by atoms with van der Waals surface area (Å²) in [5.41, 5.74) is 2.39. The van der Waals surface area contributed by atoms with Crippen LogP contribution in [0.1, 0.15) is 0 Å². The summed E-state index contributed by atoms with van der Waals surface area (Å²) in [5.74, 6) is 0. The molecule has 7 heavy (non-hydrogen) atoms. The molecule has 1 N–H and O–H groups in total. The number of oxime groups is 1. The number of amidine groups is 1. The number of nitrogens with one attached hydrogen (secondary N) is 1. The Hall–Kier alpha value is -0.540. The van der Waals surface area contributed by atoms with Crippen LogP contribution in [0.5, 0.6) is 0 Å². The van der Waals surface area contributed by atoms with Crippen molar-refractivity contribution in [3.05, 3.63) is 0 Å². The molecule has 0 aromatic carbocycles. The van der Waals surface area contributed by atoms with Crippen LogP contribution in [0.15, 0.2) is 5.16 Å². The Labute approximate surface area is 40.2 Å². The van der Waals surface area contributed by atoms with Gasteiger partial charge in [-0.1, -0.05) is 0 Å². The van der Waals surface area contributed by atoms with Crippen LogP contribution in [-0.4, -0.2) is 6.02 Å². The van der Waals surface area contributed by atoms with E-state index in [9.17, 15) is 0 Å². The lowest BCUT2D eigenvalue weighted by Crippen LogP contribution is -2.13. The second kappa shape index (κ2) is 0.993. The zero-order chi connectivity index (χ0) is 4.69. The first-order valence-electron chi connectivity index (χ1n) is 1.61. The maximum Gasteiger partial charge on any atom is 0.511 e. The van der Waals surface area contributed by atoms with Gasteiger partial charge in [-0.15, -0.1) is 0 Å². The molecular formula is CHN2O3P. The normalized spacial score (nSPS) is 33.1. The summed E-state index contributed by atoms with van der Waals surface area (Å²) in [4.78, 5) is 0. The minimum absolute atomic E-state index is 0.325. The van der Waals surface area contributed by atoms with Crippen molar-refractivity contribution in [2.45, 2.75) is 0 Å². The Kier molecular flexibility index (Phi) is 0.491. The first kappa shape index (κ1) is 3.46. The Balaban J connectivity index is 2.30. The molecule has 1 unspecified atom stereocenters. The van der Waals surface area contributed by atoms with Crippen molar-refractivity contribution in [3.8, 4) is 0 Å². The maximum absolute atomic E-state index is 4.73. The highest BCUT2D eigenvalue weighted by Crippen LogP contribution is 2.46. The van der Waals surface area contributed by atoms with Gasteiger partial charge >= 0.3 is 14.6 Å². The van der Waals surface area contributed by atoms with E-state index in [0.717, 1.165) is 0 Å². The van der Waals surface area contributed by atoms with Gasteiger partial charge in [-0.2, -0.15) is 4.62 Å². The number of hydrogen-bond donors (Lipinski definition) is 1. The Morgan fingerprint density at radius 1 is 1.71 bits per heavy atom. The van der Waals surface area contributed by atoms with Gasteiger partial charge < -0.3 is 4.52 Å². The van der Waals surface area contributed by atoms with E-state index < -0.39 is 8.60 Å². The van der Waals surface area contributed by atoms with Crippen LogP contribution in [0.4, 0.5) is 0 Å². The van der Waals surface area contributed by atoms with Crippen LogP contribution in [-0.2, 0) is 13.8 Å². The second-order valence-electron chi connectivity index (χ2n) is 0.986. The smallest absolute Gasteiger partial charge is 0.378 e. The van der Waals surface area contributed by atoms with E-state index in [1.165, 1.54) is 0 Å². The van der Waals surface area contributed by atoms with Gasteiger partial charge in [0.2, 0.25) is 0 Å². The van der Waals surface area contributed by atoms with Crippen molar-refractivity contribution in [2.75, 3.05) is 0 Å². The average molecular weight is 120 g/mol. The number of fused-ring (bicyclic) bond motifs is 2. The minimum atomic E-state index is -1.18. The van der Waals surface area contributed by atoms with E-state index in [0.29, 0.717) is 6.02 Å². The van der Waals surface area contributed by atoms with Crippen LogP contribution in [0.3, 0.4) is 0 Å². The minimum Gasteiger partial charge on any atom is -0.378 e. The van der Waals surface area contributed by atoms with E-state index in [-0.39, 0.29) is 0 Å². The zero-order valence-corrected chi connectivity index (χ0v) is 4.01. The van der Waals surface area contributed by atoms with Crippen molar-refractivity contribution in [2.24, 2.45) is 5.16 Å². The third-order valence-corrected chi connectivity index (χ3v) is 1.34. The molecule has 1 fully saturated rings. The fourth-order valence-corrected chi connectivity index (χ4v) is 0.932. The van der Waals surface area contributed by atoms with Crippen molar-refractivity contribution >= 4 is 14.6 Å². The van der Waals surface area contributed by atoms with Gasteiger partial charge in [0, 0.05) is 0 Å².